The first kappa shape index (κ1) is 9.35. The molecule has 0 radical (unpaired) electrons. The number of carbonyl (C=O) groups is 1. The van der Waals surface area contributed by atoms with Crippen LogP contribution in [0.1, 0.15) is 10.5 Å². The second kappa shape index (κ2) is 3.50. The van der Waals surface area contributed by atoms with E-state index in [-0.39, 0.29) is 11.3 Å². The van der Waals surface area contributed by atoms with Crippen LogP contribution in [0.2, 0.25) is 0 Å². The zero-order chi connectivity index (χ0) is 10.8. The van der Waals surface area contributed by atoms with Crippen LogP contribution in [0, 0.1) is 0 Å². The van der Waals surface area contributed by atoms with Gasteiger partial charge in [0.15, 0.2) is 5.69 Å². The minimum absolute atomic E-state index is 0.00676. The molecule has 0 aliphatic heterocycles. The Balaban J connectivity index is 2.83. The lowest BCUT2D eigenvalue weighted by Gasteiger charge is -2.01. The Hall–Kier alpha value is -2.21. The van der Waals surface area contributed by atoms with Gasteiger partial charge in [-0.15, -0.1) is 0 Å². The Morgan fingerprint density at radius 2 is 2.00 bits per heavy atom. The predicted octanol–water partition coefficient (Wildman–Crippen LogP) is -0.0464. The monoisotopic (exact) mass is 205 g/mol. The summed E-state index contributed by atoms with van der Waals surface area (Å²) in [5.74, 6) is 3.96. The topological polar surface area (TPSA) is 98.1 Å². The van der Waals surface area contributed by atoms with Crippen LogP contribution in [0.5, 0.6) is 0 Å². The van der Waals surface area contributed by atoms with Gasteiger partial charge in [-0.3, -0.25) is 4.79 Å². The van der Waals surface area contributed by atoms with Gasteiger partial charge in [0.2, 0.25) is 0 Å². The molecule has 1 heterocycles. The summed E-state index contributed by atoms with van der Waals surface area (Å²) in [6.07, 6.45) is 0. The first-order valence-corrected chi connectivity index (χ1v) is 4.12. The highest BCUT2D eigenvalue weighted by Crippen LogP contribution is 2.12. The molecular formula is C9H7N3O3. The minimum Gasteiger partial charge on any atom is -0.368 e. The van der Waals surface area contributed by atoms with Crippen LogP contribution in [0.4, 0.5) is 0 Å². The molecule has 0 unspecified atom stereocenters. The lowest BCUT2D eigenvalue weighted by atomic mass is 10.1. The van der Waals surface area contributed by atoms with E-state index in [9.17, 15) is 9.59 Å². The fraction of sp³-hybridized carbons (Fsp3) is 0. The second-order valence-electron chi connectivity index (χ2n) is 2.85. The maximum atomic E-state index is 11.3. The van der Waals surface area contributed by atoms with Crippen molar-refractivity contribution >= 4 is 16.7 Å². The molecule has 0 spiro atoms. The summed E-state index contributed by atoms with van der Waals surface area (Å²) in [5, 5.41) is 6.56. The molecule has 0 atom stereocenters. The molecule has 0 aliphatic carbocycles. The van der Waals surface area contributed by atoms with Crippen LogP contribution in [-0.4, -0.2) is 16.2 Å². The van der Waals surface area contributed by atoms with E-state index in [2.05, 4.69) is 15.0 Å². The Labute approximate surface area is 83.6 Å². The van der Waals surface area contributed by atoms with Crippen LogP contribution in [0.3, 0.4) is 0 Å². The highest BCUT2D eigenvalue weighted by atomic mass is 16.7. The lowest BCUT2D eigenvalue weighted by molar-refractivity contribution is 0.0497. The Morgan fingerprint density at radius 3 is 2.67 bits per heavy atom. The third kappa shape index (κ3) is 1.46. The SMILES string of the molecule is NOC(=O)c1n[nH]c(=O)c2ccccc12. The number of hydrogen-bond acceptors (Lipinski definition) is 5. The van der Waals surface area contributed by atoms with E-state index in [4.69, 9.17) is 5.90 Å². The fourth-order valence-electron chi connectivity index (χ4n) is 1.33. The van der Waals surface area contributed by atoms with Crippen molar-refractivity contribution in [1.29, 1.82) is 0 Å². The van der Waals surface area contributed by atoms with Gasteiger partial charge < -0.3 is 4.84 Å². The van der Waals surface area contributed by atoms with Crippen LogP contribution in [-0.2, 0) is 4.84 Å². The van der Waals surface area contributed by atoms with Crippen molar-refractivity contribution in [3.8, 4) is 0 Å². The first-order chi connectivity index (χ1) is 7.24. The summed E-state index contributed by atoms with van der Waals surface area (Å²) >= 11 is 0. The van der Waals surface area contributed by atoms with E-state index in [0.29, 0.717) is 10.8 Å². The van der Waals surface area contributed by atoms with Gasteiger partial charge in [-0.05, 0) is 6.07 Å². The average molecular weight is 205 g/mol. The maximum Gasteiger partial charge on any atom is 0.377 e. The molecule has 1 aromatic heterocycles. The van der Waals surface area contributed by atoms with E-state index in [0.717, 1.165) is 0 Å². The molecule has 2 rings (SSSR count). The number of rotatable bonds is 1. The van der Waals surface area contributed by atoms with Gasteiger partial charge in [0.05, 0.1) is 5.39 Å². The molecule has 0 bridgehead atoms. The number of nitrogens with two attached hydrogens (primary N) is 1. The number of nitrogens with one attached hydrogen (secondary N) is 1. The first-order valence-electron chi connectivity index (χ1n) is 4.12. The number of hydrogen-bond donors (Lipinski definition) is 2. The lowest BCUT2D eigenvalue weighted by Crippen LogP contribution is -2.17. The Bertz CT molecular complexity index is 576. The molecule has 0 saturated heterocycles. The Kier molecular flexibility index (Phi) is 2.18. The molecular weight excluding hydrogens is 198 g/mol. The molecule has 6 nitrogen and oxygen atoms in total. The minimum atomic E-state index is -0.789. The van der Waals surface area contributed by atoms with Crippen molar-refractivity contribution in [3.05, 3.63) is 40.3 Å². The molecule has 0 saturated carbocycles. The molecule has 0 aliphatic rings. The highest BCUT2D eigenvalue weighted by Gasteiger charge is 2.13. The number of nitrogens with zero attached hydrogens (tertiary/aromatic N) is 1. The average Bonchev–Trinajstić information content (AvgIpc) is 2.29. The molecule has 2 aromatic rings. The summed E-state index contributed by atoms with van der Waals surface area (Å²) < 4.78 is 0. The summed E-state index contributed by atoms with van der Waals surface area (Å²) in [6, 6.07) is 6.57. The normalized spacial score (nSPS) is 10.2. The van der Waals surface area contributed by atoms with Gasteiger partial charge in [-0.1, -0.05) is 18.2 Å². The van der Waals surface area contributed by atoms with Crippen molar-refractivity contribution in [3.63, 3.8) is 0 Å². The van der Waals surface area contributed by atoms with Crippen LogP contribution >= 0.6 is 0 Å². The van der Waals surface area contributed by atoms with Crippen LogP contribution in [0.15, 0.2) is 29.1 Å². The van der Waals surface area contributed by atoms with Crippen molar-refractivity contribution in [1.82, 2.24) is 10.2 Å². The Morgan fingerprint density at radius 1 is 1.33 bits per heavy atom. The third-order valence-electron chi connectivity index (χ3n) is 2.00. The number of carbonyl (C=O) groups excluding carboxylic acids is 1. The third-order valence-corrected chi connectivity index (χ3v) is 2.00. The molecule has 3 N–H and O–H groups in total. The molecule has 0 amide bonds. The number of aromatic amines is 1. The van der Waals surface area contributed by atoms with E-state index in [1.807, 2.05) is 0 Å². The maximum absolute atomic E-state index is 11.3. The van der Waals surface area contributed by atoms with Crippen molar-refractivity contribution in [2.24, 2.45) is 5.90 Å². The van der Waals surface area contributed by atoms with Crippen LogP contribution < -0.4 is 11.5 Å². The fourth-order valence-corrected chi connectivity index (χ4v) is 1.33. The molecule has 6 heteroatoms. The van der Waals surface area contributed by atoms with Crippen molar-refractivity contribution in [2.45, 2.75) is 0 Å². The van der Waals surface area contributed by atoms with Gasteiger partial charge >= 0.3 is 5.97 Å². The van der Waals surface area contributed by atoms with Gasteiger partial charge in [-0.2, -0.15) is 11.0 Å². The molecule has 76 valence electrons. The number of aromatic nitrogens is 2. The standard InChI is InChI=1S/C9H7N3O3/c10-15-9(14)7-5-3-1-2-4-6(5)8(13)12-11-7/h1-4H,10H2,(H,12,13). The summed E-state index contributed by atoms with van der Waals surface area (Å²) in [6.45, 7) is 0. The smallest absolute Gasteiger partial charge is 0.368 e. The van der Waals surface area contributed by atoms with Crippen molar-refractivity contribution in [2.75, 3.05) is 0 Å². The summed E-state index contributed by atoms with van der Waals surface area (Å²) in [5.41, 5.74) is -0.369. The summed E-state index contributed by atoms with van der Waals surface area (Å²) in [7, 11) is 0. The van der Waals surface area contributed by atoms with E-state index >= 15 is 0 Å². The number of H-pyrrole nitrogens is 1. The largest absolute Gasteiger partial charge is 0.377 e. The number of fused-ring (bicyclic) bond motifs is 1. The second-order valence-corrected chi connectivity index (χ2v) is 2.85. The summed E-state index contributed by atoms with van der Waals surface area (Å²) in [4.78, 5) is 26.6. The number of benzene rings is 1. The zero-order valence-electron chi connectivity index (χ0n) is 7.56. The predicted molar refractivity (Wildman–Crippen MR) is 52.0 cm³/mol. The van der Waals surface area contributed by atoms with Gasteiger partial charge in [0.1, 0.15) is 0 Å². The van der Waals surface area contributed by atoms with E-state index < -0.39 is 5.97 Å². The molecule has 1 aromatic carbocycles. The van der Waals surface area contributed by atoms with Crippen LogP contribution in [0.25, 0.3) is 10.8 Å². The van der Waals surface area contributed by atoms with Crippen molar-refractivity contribution < 1.29 is 9.63 Å². The van der Waals surface area contributed by atoms with Gasteiger partial charge in [0, 0.05) is 5.39 Å². The molecule has 15 heavy (non-hydrogen) atoms. The van der Waals surface area contributed by atoms with E-state index in [1.54, 1.807) is 24.3 Å². The zero-order valence-corrected chi connectivity index (χ0v) is 7.56. The highest BCUT2D eigenvalue weighted by molar-refractivity contribution is 6.01. The van der Waals surface area contributed by atoms with Gasteiger partial charge in [-0.25, -0.2) is 9.89 Å². The molecule has 0 fully saturated rings. The quantitative estimate of drug-likeness (QED) is 0.636. The van der Waals surface area contributed by atoms with E-state index in [1.165, 1.54) is 0 Å². The van der Waals surface area contributed by atoms with Gasteiger partial charge in [0.25, 0.3) is 5.56 Å².